The Kier molecular flexibility index (Phi) is 2.63. The molecule has 0 aromatic carbocycles. The molecule has 1 rings (SSSR count). The predicted octanol–water partition coefficient (Wildman–Crippen LogP) is -0.00480. The van der Waals surface area contributed by atoms with Crippen LogP contribution in [0.2, 0.25) is 0 Å². The molecule has 0 saturated heterocycles. The number of nitrogens with one attached hydrogen (secondary N) is 2. The maximum Gasteiger partial charge on any atom is 0.309 e. The quantitative estimate of drug-likeness (QED) is 0.614. The zero-order valence-corrected chi connectivity index (χ0v) is 7.00. The van der Waals surface area contributed by atoms with Gasteiger partial charge in [-0.05, 0) is 0 Å². The van der Waals surface area contributed by atoms with E-state index in [4.69, 9.17) is 5.11 Å². The van der Waals surface area contributed by atoms with Gasteiger partial charge < -0.3 is 10.4 Å². The minimum absolute atomic E-state index is 0.132. The van der Waals surface area contributed by atoms with Crippen LogP contribution in [0.25, 0.3) is 0 Å². The van der Waals surface area contributed by atoms with Crippen molar-refractivity contribution in [1.29, 1.82) is 0 Å². The molecule has 0 spiro atoms. The van der Waals surface area contributed by atoms with Crippen LogP contribution in [0.3, 0.4) is 0 Å². The second-order valence-electron chi connectivity index (χ2n) is 2.53. The van der Waals surface area contributed by atoms with Crippen LogP contribution in [-0.2, 0) is 16.0 Å². The van der Waals surface area contributed by atoms with Gasteiger partial charge in [0.15, 0.2) is 5.82 Å². The van der Waals surface area contributed by atoms with E-state index >= 15 is 0 Å². The third-order valence-corrected chi connectivity index (χ3v) is 1.28. The third kappa shape index (κ3) is 2.94. The highest BCUT2D eigenvalue weighted by molar-refractivity contribution is 5.87. The van der Waals surface area contributed by atoms with Crippen LogP contribution >= 0.6 is 0 Å². The lowest BCUT2D eigenvalue weighted by atomic mass is 10.3. The maximum absolute atomic E-state index is 10.6. The second kappa shape index (κ2) is 3.70. The molecule has 1 aromatic rings. The molecule has 0 aliphatic rings. The van der Waals surface area contributed by atoms with Gasteiger partial charge in [0.1, 0.15) is 0 Å². The number of anilines is 1. The summed E-state index contributed by atoms with van der Waals surface area (Å²) in [7, 11) is 0. The minimum Gasteiger partial charge on any atom is -0.481 e. The Hall–Kier alpha value is -1.85. The normalized spacial score (nSPS) is 9.62. The summed E-state index contributed by atoms with van der Waals surface area (Å²) in [5.41, 5.74) is 0.455. The van der Waals surface area contributed by atoms with Gasteiger partial charge in [0, 0.05) is 18.7 Å². The molecule has 6 heteroatoms. The average molecular weight is 183 g/mol. The molecule has 0 bridgehead atoms. The number of aliphatic carboxylic acids is 1. The van der Waals surface area contributed by atoms with Crippen LogP contribution in [0, 0.1) is 0 Å². The summed E-state index contributed by atoms with van der Waals surface area (Å²) >= 11 is 0. The number of aromatic amines is 1. The van der Waals surface area contributed by atoms with Gasteiger partial charge in [-0.3, -0.25) is 14.7 Å². The lowest BCUT2D eigenvalue weighted by Crippen LogP contribution is -2.05. The van der Waals surface area contributed by atoms with E-state index in [9.17, 15) is 9.59 Å². The SMILES string of the molecule is CC(=O)Nc1cc(CC(=O)O)[nH]n1. The minimum atomic E-state index is -0.946. The van der Waals surface area contributed by atoms with Crippen LogP contribution in [0.15, 0.2) is 6.07 Å². The molecule has 0 saturated carbocycles. The Morgan fingerprint density at radius 1 is 1.69 bits per heavy atom. The highest BCUT2D eigenvalue weighted by atomic mass is 16.4. The molecular weight excluding hydrogens is 174 g/mol. The van der Waals surface area contributed by atoms with Gasteiger partial charge in [-0.1, -0.05) is 0 Å². The lowest BCUT2D eigenvalue weighted by Gasteiger charge is -1.91. The summed E-state index contributed by atoms with van der Waals surface area (Å²) < 4.78 is 0. The smallest absolute Gasteiger partial charge is 0.309 e. The predicted molar refractivity (Wildman–Crippen MR) is 44.2 cm³/mol. The summed E-state index contributed by atoms with van der Waals surface area (Å²) in [4.78, 5) is 20.8. The third-order valence-electron chi connectivity index (χ3n) is 1.28. The van der Waals surface area contributed by atoms with Crippen LogP contribution in [-0.4, -0.2) is 27.2 Å². The van der Waals surface area contributed by atoms with Gasteiger partial charge >= 0.3 is 5.97 Å². The number of amides is 1. The van der Waals surface area contributed by atoms with Crippen molar-refractivity contribution < 1.29 is 14.7 Å². The summed E-state index contributed by atoms with van der Waals surface area (Å²) in [6.07, 6.45) is -0.132. The first-order valence-electron chi connectivity index (χ1n) is 3.61. The van der Waals surface area contributed by atoms with Gasteiger partial charge in [0.05, 0.1) is 6.42 Å². The van der Waals surface area contributed by atoms with Gasteiger partial charge in [0.25, 0.3) is 0 Å². The summed E-state index contributed by atoms with van der Waals surface area (Å²) in [6, 6.07) is 1.48. The molecule has 0 aliphatic carbocycles. The average Bonchev–Trinajstić information content (AvgIpc) is 2.33. The highest BCUT2D eigenvalue weighted by Crippen LogP contribution is 2.05. The maximum atomic E-state index is 10.6. The van der Waals surface area contributed by atoms with Crippen molar-refractivity contribution in [2.24, 2.45) is 0 Å². The molecule has 0 fully saturated rings. The molecular formula is C7H9N3O3. The number of rotatable bonds is 3. The first kappa shape index (κ1) is 9.24. The van der Waals surface area contributed by atoms with E-state index in [1.54, 1.807) is 0 Å². The monoisotopic (exact) mass is 183 g/mol. The van der Waals surface area contributed by atoms with E-state index in [0.717, 1.165) is 0 Å². The van der Waals surface area contributed by atoms with Crippen molar-refractivity contribution in [1.82, 2.24) is 10.2 Å². The number of nitrogens with zero attached hydrogens (tertiary/aromatic N) is 1. The summed E-state index contributed by atoms with van der Waals surface area (Å²) in [6.45, 7) is 1.35. The Morgan fingerprint density at radius 3 is 2.92 bits per heavy atom. The largest absolute Gasteiger partial charge is 0.481 e. The van der Waals surface area contributed by atoms with Crippen molar-refractivity contribution in [2.75, 3.05) is 5.32 Å². The van der Waals surface area contributed by atoms with E-state index in [2.05, 4.69) is 15.5 Å². The standard InChI is InChI=1S/C7H9N3O3/c1-4(11)8-6-2-5(9-10-6)3-7(12)13/h2H,3H2,1H3,(H,12,13)(H2,8,9,10,11). The van der Waals surface area contributed by atoms with Crippen molar-refractivity contribution >= 4 is 17.7 Å². The molecule has 0 aliphatic heterocycles. The van der Waals surface area contributed by atoms with E-state index < -0.39 is 5.97 Å². The number of carboxylic acid groups (broad SMARTS) is 1. The fraction of sp³-hybridized carbons (Fsp3) is 0.286. The number of carbonyl (C=O) groups excluding carboxylic acids is 1. The topological polar surface area (TPSA) is 95.1 Å². The number of hydrogen-bond acceptors (Lipinski definition) is 3. The molecule has 1 aromatic heterocycles. The van der Waals surface area contributed by atoms with Crippen molar-refractivity contribution in [3.05, 3.63) is 11.8 Å². The zero-order chi connectivity index (χ0) is 9.84. The van der Waals surface area contributed by atoms with Crippen molar-refractivity contribution in [2.45, 2.75) is 13.3 Å². The summed E-state index contributed by atoms with van der Waals surface area (Å²) in [5, 5.41) is 17.0. The second-order valence-corrected chi connectivity index (χ2v) is 2.53. The lowest BCUT2D eigenvalue weighted by molar-refractivity contribution is -0.136. The number of hydrogen-bond donors (Lipinski definition) is 3. The number of H-pyrrole nitrogens is 1. The number of aromatic nitrogens is 2. The Labute approximate surface area is 74.0 Å². The van der Waals surface area contributed by atoms with E-state index in [-0.39, 0.29) is 12.3 Å². The number of carbonyl (C=O) groups is 2. The molecule has 70 valence electrons. The van der Waals surface area contributed by atoms with Crippen LogP contribution < -0.4 is 5.32 Å². The molecule has 6 nitrogen and oxygen atoms in total. The molecule has 13 heavy (non-hydrogen) atoms. The molecule has 0 atom stereocenters. The first-order valence-corrected chi connectivity index (χ1v) is 3.61. The van der Waals surface area contributed by atoms with E-state index in [1.165, 1.54) is 13.0 Å². The fourth-order valence-corrected chi connectivity index (χ4v) is 0.859. The van der Waals surface area contributed by atoms with Gasteiger partial charge in [-0.15, -0.1) is 0 Å². The van der Waals surface area contributed by atoms with Crippen molar-refractivity contribution in [3.8, 4) is 0 Å². The molecule has 3 N–H and O–H groups in total. The Balaban J connectivity index is 2.63. The van der Waals surface area contributed by atoms with Gasteiger partial charge in [0.2, 0.25) is 5.91 Å². The van der Waals surface area contributed by atoms with Crippen molar-refractivity contribution in [3.63, 3.8) is 0 Å². The molecule has 0 radical (unpaired) electrons. The highest BCUT2D eigenvalue weighted by Gasteiger charge is 2.05. The Morgan fingerprint density at radius 2 is 2.38 bits per heavy atom. The van der Waals surface area contributed by atoms with E-state index in [1.807, 2.05) is 0 Å². The number of carboxylic acids is 1. The Bertz CT molecular complexity index is 301. The molecule has 1 amide bonds. The zero-order valence-electron chi connectivity index (χ0n) is 7.00. The van der Waals surface area contributed by atoms with Gasteiger partial charge in [-0.2, -0.15) is 5.10 Å². The van der Waals surface area contributed by atoms with Crippen LogP contribution in [0.1, 0.15) is 12.6 Å². The fourth-order valence-electron chi connectivity index (χ4n) is 0.859. The molecule has 1 heterocycles. The van der Waals surface area contributed by atoms with Gasteiger partial charge in [-0.25, -0.2) is 0 Å². The summed E-state index contributed by atoms with van der Waals surface area (Å²) in [5.74, 6) is -0.852. The first-order chi connectivity index (χ1) is 6.08. The van der Waals surface area contributed by atoms with E-state index in [0.29, 0.717) is 11.5 Å². The molecule has 0 unspecified atom stereocenters. The van der Waals surface area contributed by atoms with Crippen LogP contribution in [0.5, 0.6) is 0 Å². The van der Waals surface area contributed by atoms with Crippen LogP contribution in [0.4, 0.5) is 5.82 Å².